The normalized spacial score (nSPS) is 16.2. The molecule has 2 aromatic carbocycles. The molecule has 2 aromatic rings. The summed E-state index contributed by atoms with van der Waals surface area (Å²) in [6.45, 7) is 36.3. The minimum atomic E-state index is -2.89. The van der Waals surface area contributed by atoms with Crippen LogP contribution in [0.1, 0.15) is 95.4 Å². The van der Waals surface area contributed by atoms with Gasteiger partial charge in [0.25, 0.3) is 8.32 Å². The zero-order chi connectivity index (χ0) is 47.0. The van der Waals surface area contributed by atoms with Crippen molar-refractivity contribution in [1.82, 2.24) is 0 Å². The van der Waals surface area contributed by atoms with E-state index in [0.29, 0.717) is 19.4 Å². The lowest BCUT2D eigenvalue weighted by atomic mass is 9.89. The first-order valence-corrected chi connectivity index (χ1v) is 34.1. The second-order valence-electron chi connectivity index (χ2n) is 21.0. The van der Waals surface area contributed by atoms with E-state index in [0.717, 1.165) is 18.1 Å². The summed E-state index contributed by atoms with van der Waals surface area (Å²) in [5, 5.41) is 2.22. The van der Waals surface area contributed by atoms with Crippen molar-refractivity contribution in [2.75, 3.05) is 34.4 Å². The fourth-order valence-electron chi connectivity index (χ4n) is 8.14. The molecular weight excluding hydrogens is 841 g/mol. The van der Waals surface area contributed by atoms with Crippen LogP contribution in [0.4, 0.5) is 0 Å². The molecule has 0 aliphatic rings. The Morgan fingerprint density at radius 1 is 0.677 bits per heavy atom. The van der Waals surface area contributed by atoms with Gasteiger partial charge >= 0.3 is 0 Å². The van der Waals surface area contributed by atoms with Crippen LogP contribution in [0, 0.1) is 23.3 Å². The van der Waals surface area contributed by atoms with Crippen molar-refractivity contribution in [3.05, 3.63) is 60.7 Å². The van der Waals surface area contributed by atoms with Crippen LogP contribution in [-0.4, -0.2) is 97.6 Å². The van der Waals surface area contributed by atoms with Gasteiger partial charge in [0.15, 0.2) is 22.4 Å². The molecule has 0 saturated heterocycles. The van der Waals surface area contributed by atoms with Crippen LogP contribution in [0.15, 0.2) is 60.7 Å². The monoisotopic (exact) mass is 929 g/mol. The molecule has 0 aliphatic carbocycles. The van der Waals surface area contributed by atoms with E-state index in [-0.39, 0.29) is 59.9 Å². The molecular formula is C50H88O8Si4. The Labute approximate surface area is 383 Å². The zero-order valence-corrected chi connectivity index (χ0v) is 46.4. The second kappa shape index (κ2) is 25.2. The van der Waals surface area contributed by atoms with Gasteiger partial charge in [-0.3, -0.25) is 4.79 Å². The fourth-order valence-corrected chi connectivity index (χ4v) is 17.6. The van der Waals surface area contributed by atoms with E-state index in [1.54, 1.807) is 14.2 Å². The highest BCUT2D eigenvalue weighted by atomic mass is 28.4. The highest BCUT2D eigenvalue weighted by Gasteiger charge is 2.51. The van der Waals surface area contributed by atoms with Crippen LogP contribution >= 0.6 is 0 Å². The maximum Gasteiger partial charge on any atom is 0.261 e. The van der Waals surface area contributed by atoms with Crippen molar-refractivity contribution in [3.8, 4) is 11.5 Å². The first kappa shape index (κ1) is 56.4. The molecule has 0 aromatic heterocycles. The van der Waals surface area contributed by atoms with Crippen molar-refractivity contribution in [3.63, 3.8) is 0 Å². The molecule has 0 bridgehead atoms. The Hall–Kier alpha value is -1.74. The van der Waals surface area contributed by atoms with E-state index >= 15 is 0 Å². The van der Waals surface area contributed by atoms with Gasteiger partial charge in [0.2, 0.25) is 0 Å². The first-order valence-electron chi connectivity index (χ1n) is 23.2. The Morgan fingerprint density at radius 3 is 1.61 bits per heavy atom. The Morgan fingerprint density at radius 2 is 1.18 bits per heavy atom. The van der Waals surface area contributed by atoms with Crippen LogP contribution in [-0.2, 0) is 37.0 Å². The average molecular weight is 930 g/mol. The number of hydrogen-bond donors (Lipinski definition) is 0. The van der Waals surface area contributed by atoms with Gasteiger partial charge < -0.3 is 32.2 Å². The molecule has 0 N–H and O–H groups in total. The highest BCUT2D eigenvalue weighted by molar-refractivity contribution is 6.99. The number of carbonyl (C=O) groups excluding carboxylic acids is 1. The Balaban J connectivity index is 2.69. The molecule has 6 atom stereocenters. The number of benzene rings is 2. The Bertz CT molecular complexity index is 1590. The highest BCUT2D eigenvalue weighted by Crippen LogP contribution is 2.40. The molecule has 352 valence electrons. The van der Waals surface area contributed by atoms with Gasteiger partial charge in [-0.2, -0.15) is 0 Å². The summed E-state index contributed by atoms with van der Waals surface area (Å²) in [6.07, 6.45) is -0.761. The quantitative estimate of drug-likeness (QED) is 0.0498. The minimum Gasteiger partial charge on any atom is -0.413 e. The van der Waals surface area contributed by atoms with Gasteiger partial charge in [-0.15, -0.1) is 11.5 Å². The first-order chi connectivity index (χ1) is 28.9. The van der Waals surface area contributed by atoms with Crippen LogP contribution in [0.2, 0.25) is 60.9 Å². The lowest BCUT2D eigenvalue weighted by molar-refractivity contribution is -0.182. The van der Waals surface area contributed by atoms with Gasteiger partial charge in [-0.25, -0.2) is 0 Å². The summed E-state index contributed by atoms with van der Waals surface area (Å²) >= 11 is 0. The van der Waals surface area contributed by atoms with Crippen LogP contribution < -0.4 is 10.4 Å². The molecule has 0 unspecified atom stereocenters. The topological polar surface area (TPSA) is 81.7 Å². The smallest absolute Gasteiger partial charge is 0.261 e. The molecule has 0 fully saturated rings. The van der Waals surface area contributed by atoms with E-state index in [1.807, 2.05) is 0 Å². The summed E-state index contributed by atoms with van der Waals surface area (Å²) in [7, 11) is -5.70. The summed E-state index contributed by atoms with van der Waals surface area (Å²) < 4.78 is 45.9. The van der Waals surface area contributed by atoms with Crippen molar-refractivity contribution in [1.29, 1.82) is 0 Å². The summed E-state index contributed by atoms with van der Waals surface area (Å²) in [5.74, 6) is 3.31. The third-order valence-electron chi connectivity index (χ3n) is 12.8. The molecule has 0 heterocycles. The third-order valence-corrected chi connectivity index (χ3v) is 27.9. The average Bonchev–Trinajstić information content (AvgIpc) is 3.19. The maximum absolute atomic E-state index is 14.9. The number of Topliss-reactive ketones (excluding diaryl/α,β-unsaturated/α-hetero) is 1. The number of hydrogen-bond acceptors (Lipinski definition) is 8. The van der Waals surface area contributed by atoms with Gasteiger partial charge in [0, 0.05) is 26.6 Å². The Kier molecular flexibility index (Phi) is 23.0. The summed E-state index contributed by atoms with van der Waals surface area (Å²) in [5.41, 5.74) is 3.54. The van der Waals surface area contributed by atoms with E-state index < -0.39 is 45.2 Å². The summed E-state index contributed by atoms with van der Waals surface area (Å²) in [6, 6.07) is 24.5. The van der Waals surface area contributed by atoms with Crippen molar-refractivity contribution >= 4 is 49.2 Å². The van der Waals surface area contributed by atoms with E-state index in [1.165, 1.54) is 10.4 Å². The van der Waals surface area contributed by atoms with Crippen LogP contribution in [0.3, 0.4) is 0 Å². The molecule has 0 amide bonds. The number of methoxy groups -OCH3 is 2. The standard InChI is InChI=1S/C50H88O8Si4/c1-19-61(20-2,21-3)58-43(37-56-62(50(9,10)11,44-28-24-22-25-29-44)45-30-26-23-27-31-45)35-41(5)47(54-38-52-12)48(55-39-53-13)46(51)36-42(57-60(17,18)49(6,7)8)34-40(4)32-33-59(14,15)16/h22-31,40-43,47-48H,19-21,34-39H2,1-18H3/t40-,41-,42+,43+,47+,48+/m1/s1. The number of carbonyl (C=O) groups is 1. The van der Waals surface area contributed by atoms with Gasteiger partial charge in [0.1, 0.15) is 27.8 Å². The van der Waals surface area contributed by atoms with Crippen molar-refractivity contribution in [2.45, 2.75) is 181 Å². The molecule has 12 heteroatoms. The van der Waals surface area contributed by atoms with Gasteiger partial charge in [0.05, 0.1) is 24.9 Å². The van der Waals surface area contributed by atoms with Gasteiger partial charge in [-0.1, -0.05) is 156 Å². The third kappa shape index (κ3) is 16.6. The number of ether oxygens (including phenoxy) is 4. The van der Waals surface area contributed by atoms with Crippen LogP contribution in [0.25, 0.3) is 0 Å². The molecule has 8 nitrogen and oxygen atoms in total. The zero-order valence-electron chi connectivity index (χ0n) is 42.4. The van der Waals surface area contributed by atoms with E-state index in [4.69, 9.17) is 32.2 Å². The molecule has 62 heavy (non-hydrogen) atoms. The maximum atomic E-state index is 14.9. The fraction of sp³-hybridized carbons (Fsp3) is 0.700. The molecule has 0 radical (unpaired) electrons. The summed E-state index contributed by atoms with van der Waals surface area (Å²) in [4.78, 5) is 14.9. The van der Waals surface area contributed by atoms with E-state index in [2.05, 4.69) is 181 Å². The molecule has 2 rings (SSSR count). The predicted octanol–water partition coefficient (Wildman–Crippen LogP) is 11.2. The number of rotatable bonds is 27. The second-order valence-corrected chi connectivity index (χ2v) is 39.6. The molecule has 0 saturated carbocycles. The van der Waals surface area contributed by atoms with Crippen molar-refractivity contribution < 1.29 is 37.0 Å². The molecule has 0 spiro atoms. The van der Waals surface area contributed by atoms with Gasteiger partial charge in [-0.05, 0) is 70.4 Å². The largest absolute Gasteiger partial charge is 0.413 e. The van der Waals surface area contributed by atoms with E-state index in [9.17, 15) is 4.79 Å². The van der Waals surface area contributed by atoms with Crippen LogP contribution in [0.5, 0.6) is 0 Å². The lowest BCUT2D eigenvalue weighted by Crippen LogP contribution is -2.67. The SMILES string of the molecule is CC[Si](CC)(CC)O[C@H](CO[Si](c1ccccc1)(c1ccccc1)C(C)(C)C)C[C@@H](C)[C@H](OCOC)[C@@H](OCOC)C(=O)C[C@H](C[C@H](C)C#C[Si](C)(C)C)O[Si](C)(C)C(C)(C)C. The lowest BCUT2D eigenvalue weighted by Gasteiger charge is -2.45. The van der Waals surface area contributed by atoms with Crippen molar-refractivity contribution in [2.24, 2.45) is 11.8 Å². The predicted molar refractivity (Wildman–Crippen MR) is 270 cm³/mol. The minimum absolute atomic E-state index is 0.00396. The molecule has 0 aliphatic heterocycles. The number of ketones is 1.